The van der Waals surface area contributed by atoms with Crippen molar-refractivity contribution in [1.82, 2.24) is 0 Å². The Morgan fingerprint density at radius 1 is 1.37 bits per heavy atom. The summed E-state index contributed by atoms with van der Waals surface area (Å²) in [6, 6.07) is 9.62. The Hall–Kier alpha value is -1.65. The number of hydrogen-bond acceptors (Lipinski definition) is 3. The summed E-state index contributed by atoms with van der Waals surface area (Å²) < 4.78 is 5.74. The van der Waals surface area contributed by atoms with Crippen molar-refractivity contribution in [2.75, 3.05) is 0 Å². The minimum atomic E-state index is -1.12. The lowest BCUT2D eigenvalue weighted by molar-refractivity contribution is -0.141. The second kappa shape index (κ2) is 5.55. The Labute approximate surface area is 112 Å². The van der Waals surface area contributed by atoms with Gasteiger partial charge in [0.15, 0.2) is 0 Å². The average Bonchev–Trinajstić information content (AvgIpc) is 2.63. The van der Waals surface area contributed by atoms with Crippen molar-refractivity contribution < 1.29 is 19.7 Å². The molecule has 0 amide bonds. The topological polar surface area (TPSA) is 66.8 Å². The number of benzene rings is 1. The summed E-state index contributed by atoms with van der Waals surface area (Å²) in [4.78, 5) is 10.8. The molecule has 0 aliphatic heterocycles. The molecule has 0 radical (unpaired) electrons. The zero-order chi connectivity index (χ0) is 13.9. The molecule has 0 spiro atoms. The summed E-state index contributed by atoms with van der Waals surface area (Å²) in [5.74, 6) is -1.18. The number of carbonyl (C=O) groups is 1. The van der Waals surface area contributed by atoms with Crippen LogP contribution >= 0.6 is 0 Å². The molecule has 4 nitrogen and oxygen atoms in total. The van der Waals surface area contributed by atoms with Crippen LogP contribution in [0.15, 0.2) is 42.5 Å². The van der Waals surface area contributed by atoms with Crippen LogP contribution in [0.25, 0.3) is 0 Å². The first-order chi connectivity index (χ1) is 8.99. The molecule has 2 N–H and O–H groups in total. The Morgan fingerprint density at radius 2 is 2.05 bits per heavy atom. The molecule has 0 unspecified atom stereocenters. The third kappa shape index (κ3) is 3.43. The van der Waals surface area contributed by atoms with Crippen molar-refractivity contribution in [2.45, 2.75) is 31.7 Å². The number of carboxylic acids is 1. The van der Waals surface area contributed by atoms with Gasteiger partial charge in [-0.15, -0.1) is 0 Å². The van der Waals surface area contributed by atoms with Gasteiger partial charge in [0.25, 0.3) is 0 Å². The van der Waals surface area contributed by atoms with Crippen molar-refractivity contribution in [3.8, 4) is 0 Å². The van der Waals surface area contributed by atoms with Gasteiger partial charge in [-0.05, 0) is 12.5 Å². The summed E-state index contributed by atoms with van der Waals surface area (Å²) in [6.07, 6.45) is 2.79. The molecule has 102 valence electrons. The lowest BCUT2D eigenvalue weighted by Gasteiger charge is -2.29. The summed E-state index contributed by atoms with van der Waals surface area (Å²) in [5, 5.41) is 19.1. The van der Waals surface area contributed by atoms with E-state index in [2.05, 4.69) is 0 Å². The van der Waals surface area contributed by atoms with Gasteiger partial charge in [-0.25, -0.2) is 0 Å². The van der Waals surface area contributed by atoms with E-state index in [1.165, 1.54) is 0 Å². The van der Waals surface area contributed by atoms with E-state index in [0.717, 1.165) is 5.56 Å². The highest BCUT2D eigenvalue weighted by atomic mass is 16.5. The van der Waals surface area contributed by atoms with Crippen molar-refractivity contribution in [1.29, 1.82) is 0 Å². The standard InChI is InChI=1S/C15H18O4/c1-15(18)8-7-12(9-13(16)17)14(15)19-10-11-5-3-2-4-6-11/h2-8,12,14,18H,9-10H2,1H3,(H,16,17)/t12-,14+,15+/m1/s1. The first-order valence-electron chi connectivity index (χ1n) is 6.28. The number of rotatable bonds is 5. The molecule has 4 heteroatoms. The fourth-order valence-electron chi connectivity index (χ4n) is 2.38. The fourth-order valence-corrected chi connectivity index (χ4v) is 2.38. The van der Waals surface area contributed by atoms with Crippen LogP contribution in [0, 0.1) is 5.92 Å². The molecule has 0 heterocycles. The Kier molecular flexibility index (Phi) is 4.02. The second-order valence-electron chi connectivity index (χ2n) is 5.06. The van der Waals surface area contributed by atoms with Crippen LogP contribution in [-0.4, -0.2) is 27.9 Å². The zero-order valence-electron chi connectivity index (χ0n) is 10.8. The SMILES string of the molecule is C[C@]1(O)C=C[C@H](CC(=O)O)[C@@H]1OCc1ccccc1. The largest absolute Gasteiger partial charge is 0.481 e. The molecule has 0 saturated carbocycles. The van der Waals surface area contributed by atoms with Crippen LogP contribution in [0.1, 0.15) is 18.9 Å². The predicted molar refractivity (Wildman–Crippen MR) is 70.5 cm³/mol. The molecular weight excluding hydrogens is 244 g/mol. The molecule has 1 aromatic rings. The summed E-state index contributed by atoms with van der Waals surface area (Å²) in [7, 11) is 0. The van der Waals surface area contributed by atoms with E-state index >= 15 is 0 Å². The minimum Gasteiger partial charge on any atom is -0.481 e. The molecule has 3 atom stereocenters. The molecule has 0 saturated heterocycles. The normalized spacial score (nSPS) is 29.6. The van der Waals surface area contributed by atoms with E-state index in [9.17, 15) is 9.90 Å². The number of aliphatic carboxylic acids is 1. The molecule has 0 fully saturated rings. The van der Waals surface area contributed by atoms with Crippen LogP contribution in [0.2, 0.25) is 0 Å². The Morgan fingerprint density at radius 3 is 2.68 bits per heavy atom. The molecule has 2 rings (SSSR count). The highest BCUT2D eigenvalue weighted by molar-refractivity contribution is 5.67. The van der Waals surface area contributed by atoms with Gasteiger partial charge in [-0.1, -0.05) is 42.5 Å². The first kappa shape index (κ1) is 13.8. The van der Waals surface area contributed by atoms with Crippen molar-refractivity contribution in [3.63, 3.8) is 0 Å². The van der Waals surface area contributed by atoms with E-state index in [-0.39, 0.29) is 12.3 Å². The van der Waals surface area contributed by atoms with E-state index < -0.39 is 17.7 Å². The predicted octanol–water partition coefficient (Wildman–Crippen LogP) is 1.98. The molecule has 19 heavy (non-hydrogen) atoms. The number of aliphatic hydroxyl groups is 1. The molecule has 0 aromatic heterocycles. The maximum absolute atomic E-state index is 10.8. The minimum absolute atomic E-state index is 0.0356. The lowest BCUT2D eigenvalue weighted by Crippen LogP contribution is -2.40. The highest BCUT2D eigenvalue weighted by Crippen LogP contribution is 2.33. The zero-order valence-corrected chi connectivity index (χ0v) is 10.8. The van der Waals surface area contributed by atoms with Gasteiger partial charge in [0.1, 0.15) is 5.60 Å². The van der Waals surface area contributed by atoms with Crippen LogP contribution in [0.3, 0.4) is 0 Å². The van der Waals surface area contributed by atoms with Crippen molar-refractivity contribution >= 4 is 5.97 Å². The summed E-state index contributed by atoms with van der Waals surface area (Å²) >= 11 is 0. The van der Waals surface area contributed by atoms with Gasteiger partial charge in [0.05, 0.1) is 19.1 Å². The van der Waals surface area contributed by atoms with Crippen molar-refractivity contribution in [2.24, 2.45) is 5.92 Å². The number of carboxylic acid groups (broad SMARTS) is 1. The van der Waals surface area contributed by atoms with E-state index in [1.807, 2.05) is 30.3 Å². The van der Waals surface area contributed by atoms with Gasteiger partial charge in [0.2, 0.25) is 0 Å². The Bertz CT molecular complexity index is 464. The smallest absolute Gasteiger partial charge is 0.304 e. The third-order valence-corrected chi connectivity index (χ3v) is 3.33. The molecule has 1 aliphatic rings. The third-order valence-electron chi connectivity index (χ3n) is 3.33. The van der Waals surface area contributed by atoms with Crippen LogP contribution in [-0.2, 0) is 16.1 Å². The average molecular weight is 262 g/mol. The van der Waals surface area contributed by atoms with Crippen LogP contribution < -0.4 is 0 Å². The molecule has 1 aromatic carbocycles. The van der Waals surface area contributed by atoms with E-state index in [1.54, 1.807) is 19.1 Å². The summed E-state index contributed by atoms with van der Waals surface area (Å²) in [6.45, 7) is 2.00. The molecule has 1 aliphatic carbocycles. The maximum Gasteiger partial charge on any atom is 0.304 e. The van der Waals surface area contributed by atoms with Gasteiger partial charge in [0, 0.05) is 5.92 Å². The van der Waals surface area contributed by atoms with Gasteiger partial charge < -0.3 is 14.9 Å². The number of hydrogen-bond donors (Lipinski definition) is 2. The second-order valence-corrected chi connectivity index (χ2v) is 5.06. The van der Waals surface area contributed by atoms with E-state index in [4.69, 9.17) is 9.84 Å². The number of ether oxygens (including phenoxy) is 1. The fraction of sp³-hybridized carbons (Fsp3) is 0.400. The monoisotopic (exact) mass is 262 g/mol. The summed E-state index contributed by atoms with van der Waals surface area (Å²) in [5.41, 5.74) is -0.117. The Balaban J connectivity index is 2.01. The molecular formula is C15H18O4. The highest BCUT2D eigenvalue weighted by Gasteiger charge is 2.41. The lowest BCUT2D eigenvalue weighted by atomic mass is 9.94. The van der Waals surface area contributed by atoms with Gasteiger partial charge in [-0.2, -0.15) is 0 Å². The van der Waals surface area contributed by atoms with Gasteiger partial charge in [-0.3, -0.25) is 4.79 Å². The first-order valence-corrected chi connectivity index (χ1v) is 6.28. The van der Waals surface area contributed by atoms with E-state index in [0.29, 0.717) is 6.61 Å². The van der Waals surface area contributed by atoms with Crippen molar-refractivity contribution in [3.05, 3.63) is 48.0 Å². The molecule has 0 bridgehead atoms. The van der Waals surface area contributed by atoms with Crippen LogP contribution in [0.4, 0.5) is 0 Å². The van der Waals surface area contributed by atoms with Gasteiger partial charge >= 0.3 is 5.97 Å². The quantitative estimate of drug-likeness (QED) is 0.796. The van der Waals surface area contributed by atoms with Crippen LogP contribution in [0.5, 0.6) is 0 Å². The maximum atomic E-state index is 10.8.